The second-order valence-corrected chi connectivity index (χ2v) is 14.4. The van der Waals surface area contributed by atoms with Crippen molar-refractivity contribution in [2.45, 2.75) is 77.8 Å². The molecule has 22 heavy (non-hydrogen) atoms. The van der Waals surface area contributed by atoms with Gasteiger partial charge in [-0.3, -0.25) is 0 Å². The fourth-order valence-corrected chi connectivity index (χ4v) is 8.33. The maximum Gasteiger partial charge on any atom is -0.0122 e. The van der Waals surface area contributed by atoms with Crippen LogP contribution in [-0.4, -0.2) is 42.1 Å². The van der Waals surface area contributed by atoms with Crippen molar-refractivity contribution in [1.82, 2.24) is 0 Å². The molecule has 0 amide bonds. The molecule has 0 spiro atoms. The Kier molecular flexibility index (Phi) is 11.4. The second kappa shape index (κ2) is 11.8. The quantitative estimate of drug-likeness (QED) is 0.347. The van der Waals surface area contributed by atoms with Crippen LogP contribution in [0.15, 0.2) is 0 Å². The molecule has 132 valence electrons. The first-order valence-corrected chi connectivity index (χ1v) is 14.2. The van der Waals surface area contributed by atoms with Crippen LogP contribution in [0.4, 0.5) is 0 Å². The first-order valence-electron chi connectivity index (χ1n) is 9.83. The Labute approximate surface area is 146 Å². The zero-order valence-corrected chi connectivity index (χ0v) is 18.7. The average molecular weight is 362 g/mol. The van der Waals surface area contributed by atoms with Crippen molar-refractivity contribution in [2.24, 2.45) is 5.92 Å². The van der Waals surface area contributed by atoms with Crippen LogP contribution >= 0.6 is 25.1 Å². The molecular formula is C19H41P3. The summed E-state index contributed by atoms with van der Waals surface area (Å²) in [5.41, 5.74) is 0. The highest BCUT2D eigenvalue weighted by atomic mass is 31.1. The lowest BCUT2D eigenvalue weighted by atomic mass is 9.74. The molecular weight excluding hydrogens is 321 g/mol. The maximum absolute atomic E-state index is 3.37. The van der Waals surface area contributed by atoms with E-state index in [4.69, 9.17) is 0 Å². The fourth-order valence-electron chi connectivity index (χ4n) is 4.15. The van der Waals surface area contributed by atoms with Gasteiger partial charge in [0.2, 0.25) is 0 Å². The molecule has 3 atom stereocenters. The van der Waals surface area contributed by atoms with Crippen molar-refractivity contribution in [2.75, 3.05) is 37.0 Å². The third-order valence-electron chi connectivity index (χ3n) is 5.96. The van der Waals surface area contributed by atoms with Gasteiger partial charge in [-0.15, -0.1) is 25.1 Å². The van der Waals surface area contributed by atoms with E-state index in [1.165, 1.54) is 75.8 Å². The highest BCUT2D eigenvalue weighted by Gasteiger charge is 2.36. The molecule has 0 bridgehead atoms. The molecule has 3 unspecified atom stereocenters. The Bertz CT molecular complexity index is 274. The van der Waals surface area contributed by atoms with Gasteiger partial charge in [-0.25, -0.2) is 0 Å². The minimum atomic E-state index is 0.343. The van der Waals surface area contributed by atoms with Gasteiger partial charge < -0.3 is 0 Å². The Hall–Kier alpha value is 1.29. The molecule has 1 aliphatic rings. The van der Waals surface area contributed by atoms with Gasteiger partial charge in [-0.05, 0) is 80.1 Å². The monoisotopic (exact) mass is 362 g/mol. The molecule has 3 heteroatoms. The van der Waals surface area contributed by atoms with Crippen LogP contribution in [0, 0.1) is 5.92 Å². The van der Waals surface area contributed by atoms with Gasteiger partial charge in [-0.2, -0.15) is 0 Å². The second-order valence-electron chi connectivity index (χ2n) is 7.12. The third kappa shape index (κ3) is 7.04. The molecule has 0 aromatic carbocycles. The van der Waals surface area contributed by atoms with E-state index >= 15 is 0 Å². The van der Waals surface area contributed by atoms with E-state index in [9.17, 15) is 0 Å². The van der Waals surface area contributed by atoms with Crippen LogP contribution in [0.5, 0.6) is 0 Å². The Morgan fingerprint density at radius 1 is 0.909 bits per heavy atom. The van der Waals surface area contributed by atoms with Crippen molar-refractivity contribution in [3.63, 3.8) is 0 Å². The lowest BCUT2D eigenvalue weighted by molar-refractivity contribution is 0.252. The summed E-state index contributed by atoms with van der Waals surface area (Å²) in [5, 5.41) is 0.600. The first kappa shape index (κ1) is 21.3. The van der Waals surface area contributed by atoms with E-state index < -0.39 is 0 Å². The van der Waals surface area contributed by atoms with Crippen molar-refractivity contribution in [3.8, 4) is 0 Å². The Morgan fingerprint density at radius 3 is 2.09 bits per heavy atom. The van der Waals surface area contributed by atoms with Crippen LogP contribution < -0.4 is 0 Å². The Morgan fingerprint density at radius 2 is 1.50 bits per heavy atom. The van der Waals surface area contributed by atoms with E-state index in [0.29, 0.717) is 21.0 Å². The molecule has 0 nitrogen and oxygen atoms in total. The predicted molar refractivity (Wildman–Crippen MR) is 114 cm³/mol. The summed E-state index contributed by atoms with van der Waals surface area (Å²) in [4.78, 5) is 0. The van der Waals surface area contributed by atoms with Gasteiger partial charge in [0.25, 0.3) is 0 Å². The van der Waals surface area contributed by atoms with E-state index in [2.05, 4.69) is 36.9 Å². The van der Waals surface area contributed by atoms with Gasteiger partial charge in [0, 0.05) is 0 Å². The lowest BCUT2D eigenvalue weighted by Crippen LogP contribution is -2.35. The topological polar surface area (TPSA) is 0 Å². The van der Waals surface area contributed by atoms with Crippen molar-refractivity contribution >= 4 is 25.1 Å². The molecule has 1 aliphatic carbocycles. The largest absolute Gasteiger partial charge is 0.131 e. The standard InChI is InChI=1S/C19H41P3/c1-5-21(6-2)16-11-15-19(20)14-10-9-12-18(19)13-17-22(7-3)8-4/h18H,5-17,20H2,1-4H3. The summed E-state index contributed by atoms with van der Waals surface area (Å²) >= 11 is 0. The fraction of sp³-hybridized carbons (Fsp3) is 1.00. The van der Waals surface area contributed by atoms with Gasteiger partial charge in [0.05, 0.1) is 0 Å². The van der Waals surface area contributed by atoms with Crippen LogP contribution in [0.25, 0.3) is 0 Å². The van der Waals surface area contributed by atoms with Crippen molar-refractivity contribution in [3.05, 3.63) is 0 Å². The smallest absolute Gasteiger partial charge is 0.0122 e. The van der Waals surface area contributed by atoms with Crippen molar-refractivity contribution in [1.29, 1.82) is 0 Å². The molecule has 0 radical (unpaired) electrons. The average Bonchev–Trinajstić information content (AvgIpc) is 2.54. The molecule has 1 fully saturated rings. The highest BCUT2D eigenvalue weighted by molar-refractivity contribution is 7.57. The van der Waals surface area contributed by atoms with Gasteiger partial charge >= 0.3 is 0 Å². The van der Waals surface area contributed by atoms with Crippen LogP contribution in [-0.2, 0) is 0 Å². The summed E-state index contributed by atoms with van der Waals surface area (Å²) in [7, 11) is 4.06. The van der Waals surface area contributed by atoms with Crippen molar-refractivity contribution < 1.29 is 0 Å². The minimum Gasteiger partial charge on any atom is -0.131 e. The Balaban J connectivity index is 2.47. The van der Waals surface area contributed by atoms with Crippen LogP contribution in [0.3, 0.4) is 0 Å². The summed E-state index contributed by atoms with van der Waals surface area (Å²) in [5.74, 6) is 1.00. The summed E-state index contributed by atoms with van der Waals surface area (Å²) in [6, 6.07) is 0. The van der Waals surface area contributed by atoms with Gasteiger partial charge in [-0.1, -0.05) is 40.5 Å². The summed E-state index contributed by atoms with van der Waals surface area (Å²) in [6.45, 7) is 9.60. The van der Waals surface area contributed by atoms with E-state index in [1.807, 2.05) is 0 Å². The number of hydrogen-bond donors (Lipinski definition) is 0. The lowest BCUT2D eigenvalue weighted by Gasteiger charge is -2.42. The highest BCUT2D eigenvalue weighted by Crippen LogP contribution is 2.49. The predicted octanol–water partition coefficient (Wildman–Crippen LogP) is 7.00. The maximum atomic E-state index is 3.37. The van der Waals surface area contributed by atoms with Crippen LogP contribution in [0.2, 0.25) is 0 Å². The zero-order valence-electron chi connectivity index (χ0n) is 15.7. The minimum absolute atomic E-state index is 0.343. The van der Waals surface area contributed by atoms with E-state index in [-0.39, 0.29) is 0 Å². The van der Waals surface area contributed by atoms with E-state index in [1.54, 1.807) is 6.16 Å². The van der Waals surface area contributed by atoms with Crippen LogP contribution in [0.1, 0.15) is 72.6 Å². The van der Waals surface area contributed by atoms with Gasteiger partial charge in [0.15, 0.2) is 0 Å². The molecule has 1 saturated carbocycles. The molecule has 0 heterocycles. The van der Waals surface area contributed by atoms with Gasteiger partial charge in [0.1, 0.15) is 0 Å². The summed E-state index contributed by atoms with van der Waals surface area (Å²) in [6.07, 6.45) is 19.3. The molecule has 0 aromatic heterocycles. The normalized spacial score (nSPS) is 26.0. The molecule has 0 N–H and O–H groups in total. The van der Waals surface area contributed by atoms with E-state index in [0.717, 1.165) is 5.92 Å². The molecule has 0 aromatic rings. The SMILES string of the molecule is CCP(CC)CCCC1(P)CCCCC1CCP(CC)CC. The molecule has 1 rings (SSSR count). The first-order chi connectivity index (χ1) is 10.6. The number of hydrogen-bond acceptors (Lipinski definition) is 0. The number of rotatable bonds is 11. The molecule has 0 aliphatic heterocycles. The molecule has 0 saturated heterocycles. The third-order valence-corrected chi connectivity index (χ3v) is 12.4. The summed E-state index contributed by atoms with van der Waals surface area (Å²) < 4.78 is 0. The zero-order chi connectivity index (χ0) is 16.4.